The number of benzene rings is 2. The van der Waals surface area contributed by atoms with Crippen molar-refractivity contribution in [3.8, 4) is 17.1 Å². The van der Waals surface area contributed by atoms with E-state index in [0.29, 0.717) is 38.1 Å². The number of furan rings is 1. The van der Waals surface area contributed by atoms with E-state index in [1.165, 1.54) is 16.7 Å². The summed E-state index contributed by atoms with van der Waals surface area (Å²) in [6.07, 6.45) is 1.71. The van der Waals surface area contributed by atoms with Crippen molar-refractivity contribution in [1.29, 1.82) is 0 Å². The Labute approximate surface area is 183 Å². The zero-order valence-corrected chi connectivity index (χ0v) is 17.8. The first-order valence-electron chi connectivity index (χ1n) is 8.92. The molecule has 0 bridgehead atoms. The minimum atomic E-state index is -0.176. The molecule has 0 saturated carbocycles. The highest BCUT2D eigenvalue weighted by atomic mass is 35.5. The number of thiocarbonyl (C=S) groups is 1. The van der Waals surface area contributed by atoms with Crippen LogP contribution in [0.1, 0.15) is 12.7 Å². The number of amides is 1. The first-order chi connectivity index (χ1) is 14.0. The van der Waals surface area contributed by atoms with Gasteiger partial charge in [0.25, 0.3) is 5.91 Å². The quantitative estimate of drug-likeness (QED) is 0.338. The van der Waals surface area contributed by atoms with Crippen LogP contribution < -0.4 is 9.64 Å². The Bertz CT molecular complexity index is 1110. The van der Waals surface area contributed by atoms with Crippen molar-refractivity contribution in [3.05, 3.63) is 76.4 Å². The highest BCUT2D eigenvalue weighted by molar-refractivity contribution is 8.27. The van der Waals surface area contributed by atoms with Crippen LogP contribution in [0.15, 0.2) is 70.0 Å². The summed E-state index contributed by atoms with van der Waals surface area (Å²) in [5.41, 5.74) is 1.58. The lowest BCUT2D eigenvalue weighted by molar-refractivity contribution is -0.113. The summed E-state index contributed by atoms with van der Waals surface area (Å²) in [5, 5.41) is 0.636. The molecule has 1 aliphatic heterocycles. The molecule has 1 aliphatic rings. The second-order valence-electron chi connectivity index (χ2n) is 6.16. The molecule has 1 fully saturated rings. The third-order valence-electron chi connectivity index (χ3n) is 4.21. The maximum absolute atomic E-state index is 12.9. The lowest BCUT2D eigenvalue weighted by Crippen LogP contribution is -2.27. The van der Waals surface area contributed by atoms with Crippen molar-refractivity contribution in [2.45, 2.75) is 6.92 Å². The van der Waals surface area contributed by atoms with Crippen LogP contribution in [0, 0.1) is 0 Å². The van der Waals surface area contributed by atoms with Gasteiger partial charge in [-0.15, -0.1) is 0 Å². The fourth-order valence-corrected chi connectivity index (χ4v) is 4.37. The molecule has 2 heterocycles. The highest BCUT2D eigenvalue weighted by Crippen LogP contribution is 2.37. The van der Waals surface area contributed by atoms with E-state index < -0.39 is 0 Å². The Balaban J connectivity index is 1.56. The van der Waals surface area contributed by atoms with Gasteiger partial charge in [0.05, 0.1) is 17.2 Å². The van der Waals surface area contributed by atoms with Gasteiger partial charge in [-0.05, 0) is 55.5 Å². The van der Waals surface area contributed by atoms with E-state index in [4.69, 9.17) is 33.0 Å². The monoisotopic (exact) mass is 441 g/mol. The molecule has 0 N–H and O–H groups in total. The predicted octanol–water partition coefficient (Wildman–Crippen LogP) is 6.40. The summed E-state index contributed by atoms with van der Waals surface area (Å²) in [6, 6.07) is 18.4. The van der Waals surface area contributed by atoms with Crippen LogP contribution in [-0.4, -0.2) is 16.8 Å². The third-order valence-corrected chi connectivity index (χ3v) is 5.75. The molecule has 0 radical (unpaired) electrons. The van der Waals surface area contributed by atoms with E-state index in [-0.39, 0.29) is 5.91 Å². The minimum absolute atomic E-state index is 0.176. The van der Waals surface area contributed by atoms with Gasteiger partial charge >= 0.3 is 0 Å². The number of ether oxygens (including phenoxy) is 1. The number of thioether (sulfide) groups is 1. The molecule has 4 nitrogen and oxygen atoms in total. The highest BCUT2D eigenvalue weighted by Gasteiger charge is 2.33. The largest absolute Gasteiger partial charge is 0.494 e. The maximum atomic E-state index is 12.9. The Morgan fingerprint density at radius 3 is 2.69 bits per heavy atom. The average molecular weight is 442 g/mol. The number of carbonyl (C=O) groups is 1. The van der Waals surface area contributed by atoms with Crippen LogP contribution in [0.3, 0.4) is 0 Å². The van der Waals surface area contributed by atoms with Crippen molar-refractivity contribution < 1.29 is 13.9 Å². The molecule has 1 amide bonds. The standard InChI is InChI=1S/C22H16ClNO3S2/c1-2-26-17-8-6-16(7-9-17)24-21(25)20(29-22(24)28)13-18-10-11-19(27-18)14-4-3-5-15(23)12-14/h3-13H,2H2,1H3. The fourth-order valence-electron chi connectivity index (χ4n) is 2.90. The van der Waals surface area contributed by atoms with Crippen LogP contribution in [0.5, 0.6) is 5.75 Å². The molecule has 3 aromatic rings. The fraction of sp³-hybridized carbons (Fsp3) is 0.0909. The summed E-state index contributed by atoms with van der Waals surface area (Å²) in [7, 11) is 0. The van der Waals surface area contributed by atoms with Gasteiger partial charge in [-0.1, -0.05) is 47.7 Å². The smallest absolute Gasteiger partial charge is 0.270 e. The Kier molecular flexibility index (Phi) is 5.76. The summed E-state index contributed by atoms with van der Waals surface area (Å²) in [6.45, 7) is 2.51. The number of carbonyl (C=O) groups excluding carboxylic acids is 1. The van der Waals surface area contributed by atoms with Gasteiger partial charge in [-0.2, -0.15) is 0 Å². The van der Waals surface area contributed by atoms with E-state index in [1.807, 2.05) is 61.5 Å². The lowest BCUT2D eigenvalue weighted by Gasteiger charge is -2.15. The van der Waals surface area contributed by atoms with Gasteiger partial charge in [-0.25, -0.2) is 0 Å². The number of hydrogen-bond acceptors (Lipinski definition) is 5. The zero-order valence-electron chi connectivity index (χ0n) is 15.4. The van der Waals surface area contributed by atoms with Crippen LogP contribution in [-0.2, 0) is 4.79 Å². The summed E-state index contributed by atoms with van der Waals surface area (Å²) < 4.78 is 11.8. The molecule has 2 aromatic carbocycles. The molecule has 0 unspecified atom stereocenters. The number of rotatable bonds is 5. The number of hydrogen-bond donors (Lipinski definition) is 0. The molecule has 146 valence electrons. The molecule has 0 atom stereocenters. The van der Waals surface area contributed by atoms with Crippen LogP contribution in [0.2, 0.25) is 5.02 Å². The first-order valence-corrected chi connectivity index (χ1v) is 10.5. The van der Waals surface area contributed by atoms with Gasteiger partial charge < -0.3 is 9.15 Å². The predicted molar refractivity (Wildman–Crippen MR) is 122 cm³/mol. The molecular weight excluding hydrogens is 426 g/mol. The summed E-state index contributed by atoms with van der Waals surface area (Å²) in [4.78, 5) is 14.9. The normalized spacial score (nSPS) is 15.4. The first kappa shape index (κ1) is 19.8. The van der Waals surface area contributed by atoms with Crippen molar-refractivity contribution in [3.63, 3.8) is 0 Å². The van der Waals surface area contributed by atoms with E-state index in [2.05, 4.69) is 0 Å². The maximum Gasteiger partial charge on any atom is 0.270 e. The summed E-state index contributed by atoms with van der Waals surface area (Å²) >= 11 is 12.7. The number of anilines is 1. The molecule has 1 saturated heterocycles. The Morgan fingerprint density at radius 2 is 1.97 bits per heavy atom. The zero-order chi connectivity index (χ0) is 20.4. The van der Waals surface area contributed by atoms with E-state index in [1.54, 1.807) is 12.1 Å². The molecular formula is C22H16ClNO3S2. The van der Waals surface area contributed by atoms with Gasteiger partial charge in [0.2, 0.25) is 0 Å². The van der Waals surface area contributed by atoms with Crippen molar-refractivity contribution in [2.75, 3.05) is 11.5 Å². The Hall–Kier alpha value is -2.54. The van der Waals surface area contributed by atoms with Crippen molar-refractivity contribution in [2.24, 2.45) is 0 Å². The molecule has 4 rings (SSSR count). The second-order valence-corrected chi connectivity index (χ2v) is 8.27. The molecule has 0 aliphatic carbocycles. The van der Waals surface area contributed by atoms with E-state index >= 15 is 0 Å². The van der Waals surface area contributed by atoms with E-state index in [9.17, 15) is 4.79 Å². The van der Waals surface area contributed by atoms with Gasteiger partial charge in [-0.3, -0.25) is 9.69 Å². The number of halogens is 1. The molecule has 1 aromatic heterocycles. The third kappa shape index (κ3) is 4.24. The van der Waals surface area contributed by atoms with Gasteiger partial charge in [0.1, 0.15) is 17.3 Å². The minimum Gasteiger partial charge on any atom is -0.494 e. The Morgan fingerprint density at radius 1 is 1.17 bits per heavy atom. The van der Waals surface area contributed by atoms with Crippen LogP contribution in [0.4, 0.5) is 5.69 Å². The van der Waals surface area contributed by atoms with Gasteiger partial charge in [0, 0.05) is 16.7 Å². The molecule has 7 heteroatoms. The van der Waals surface area contributed by atoms with Crippen LogP contribution >= 0.6 is 35.6 Å². The van der Waals surface area contributed by atoms with Gasteiger partial charge in [0.15, 0.2) is 4.32 Å². The number of nitrogens with zero attached hydrogens (tertiary/aromatic N) is 1. The lowest BCUT2D eigenvalue weighted by atomic mass is 10.2. The van der Waals surface area contributed by atoms with Crippen molar-refractivity contribution >= 4 is 57.6 Å². The molecule has 29 heavy (non-hydrogen) atoms. The topological polar surface area (TPSA) is 42.7 Å². The summed E-state index contributed by atoms with van der Waals surface area (Å²) in [5.74, 6) is 1.83. The average Bonchev–Trinajstić information content (AvgIpc) is 3.28. The van der Waals surface area contributed by atoms with Crippen LogP contribution in [0.25, 0.3) is 17.4 Å². The van der Waals surface area contributed by atoms with E-state index in [0.717, 1.165) is 11.3 Å². The molecule has 0 spiro atoms. The van der Waals surface area contributed by atoms with Crippen molar-refractivity contribution in [1.82, 2.24) is 0 Å². The second kappa shape index (κ2) is 8.45. The SMILES string of the molecule is CCOc1ccc(N2C(=O)C(=Cc3ccc(-c4cccc(Cl)c4)o3)SC2=S)cc1.